The summed E-state index contributed by atoms with van der Waals surface area (Å²) in [5.74, 6) is -0.255. The van der Waals surface area contributed by atoms with E-state index in [9.17, 15) is 9.59 Å². The van der Waals surface area contributed by atoms with E-state index in [4.69, 9.17) is 5.73 Å². The molecule has 1 fully saturated rings. The number of benzene rings is 3. The third-order valence-electron chi connectivity index (χ3n) is 7.20. The van der Waals surface area contributed by atoms with Gasteiger partial charge in [0, 0.05) is 26.1 Å². The molecule has 2 heterocycles. The zero-order chi connectivity index (χ0) is 25.8. The number of rotatable bonds is 8. The van der Waals surface area contributed by atoms with Crippen molar-refractivity contribution in [1.29, 1.82) is 0 Å². The number of aromatic nitrogens is 3. The van der Waals surface area contributed by atoms with Gasteiger partial charge in [0.1, 0.15) is 11.6 Å². The molecule has 5 rings (SSSR count). The number of nitrogens with two attached hydrogens (primary N) is 1. The van der Waals surface area contributed by atoms with Gasteiger partial charge in [-0.2, -0.15) is 0 Å². The maximum Gasteiger partial charge on any atom is 0.243 e. The molecular formula is C29H32N6O2. The molecule has 3 N–H and O–H groups in total. The van der Waals surface area contributed by atoms with E-state index in [1.165, 1.54) is 0 Å². The lowest BCUT2D eigenvalue weighted by Crippen LogP contribution is -2.51. The standard InChI is InChI=1S/C29H32N6O2/c1-34-26-15-13-21(16-25(26)32-33-34)18-31-28(36)27-17-23(22-10-6-3-7-11-22)19-35(27)29(37)24(30)14-12-20-8-4-2-5-9-20/h2-11,13,15-16,23-24,27H,12,14,17-19,30H2,1H3,(H,31,36)/t23-,24+,27-/m0/s1. The SMILES string of the molecule is Cn1nnc2cc(CNC(=O)[C@@H]3C[C@H](c4ccccc4)CN3C(=O)[C@H](N)CCc3ccccc3)ccc21. The molecule has 0 bridgehead atoms. The summed E-state index contributed by atoms with van der Waals surface area (Å²) in [7, 11) is 1.84. The van der Waals surface area contributed by atoms with Crippen molar-refractivity contribution in [2.45, 2.75) is 43.8 Å². The van der Waals surface area contributed by atoms with Gasteiger partial charge < -0.3 is 16.0 Å². The van der Waals surface area contributed by atoms with E-state index >= 15 is 0 Å². The topological polar surface area (TPSA) is 106 Å². The third kappa shape index (κ3) is 5.54. The Kier molecular flexibility index (Phi) is 7.28. The van der Waals surface area contributed by atoms with Crippen LogP contribution in [0.4, 0.5) is 0 Å². The molecule has 0 unspecified atom stereocenters. The van der Waals surface area contributed by atoms with Crippen LogP contribution in [0.3, 0.4) is 0 Å². The van der Waals surface area contributed by atoms with Gasteiger partial charge in [-0.1, -0.05) is 71.9 Å². The minimum absolute atomic E-state index is 0.0816. The quantitative estimate of drug-likeness (QED) is 0.390. The van der Waals surface area contributed by atoms with Gasteiger partial charge in [0.25, 0.3) is 0 Å². The fourth-order valence-electron chi connectivity index (χ4n) is 5.10. The van der Waals surface area contributed by atoms with Crippen molar-refractivity contribution in [3.05, 3.63) is 95.6 Å². The zero-order valence-corrected chi connectivity index (χ0v) is 21.0. The van der Waals surface area contributed by atoms with Crippen LogP contribution in [0.1, 0.15) is 35.4 Å². The predicted octanol–water partition coefficient (Wildman–Crippen LogP) is 2.93. The van der Waals surface area contributed by atoms with Gasteiger partial charge in [0.05, 0.1) is 11.6 Å². The minimum atomic E-state index is -0.663. The molecule has 3 atom stereocenters. The molecule has 2 amide bonds. The summed E-state index contributed by atoms with van der Waals surface area (Å²) in [5, 5.41) is 11.2. The van der Waals surface area contributed by atoms with E-state index in [1.807, 2.05) is 73.8 Å². The molecule has 1 aliphatic rings. The molecular weight excluding hydrogens is 464 g/mol. The first-order chi connectivity index (χ1) is 18.0. The summed E-state index contributed by atoms with van der Waals surface area (Å²) in [6.45, 7) is 0.825. The van der Waals surface area contributed by atoms with Gasteiger partial charge in [0.15, 0.2) is 0 Å². The van der Waals surface area contributed by atoms with Crippen molar-refractivity contribution in [2.24, 2.45) is 12.8 Å². The molecule has 0 saturated carbocycles. The van der Waals surface area contributed by atoms with Crippen LogP contribution in [0.15, 0.2) is 78.9 Å². The Bertz CT molecular complexity index is 1370. The lowest BCUT2D eigenvalue weighted by Gasteiger charge is -2.27. The van der Waals surface area contributed by atoms with Crippen LogP contribution < -0.4 is 11.1 Å². The van der Waals surface area contributed by atoms with Crippen molar-refractivity contribution in [3.8, 4) is 0 Å². The van der Waals surface area contributed by atoms with Crippen molar-refractivity contribution in [2.75, 3.05) is 6.54 Å². The number of fused-ring (bicyclic) bond motifs is 1. The fraction of sp³-hybridized carbons (Fsp3) is 0.310. The number of likely N-dealkylation sites (tertiary alicyclic amines) is 1. The normalized spacial score (nSPS) is 18.2. The number of nitrogens with zero attached hydrogens (tertiary/aromatic N) is 4. The van der Waals surface area contributed by atoms with E-state index in [1.54, 1.807) is 9.58 Å². The number of nitrogens with one attached hydrogen (secondary N) is 1. The van der Waals surface area contributed by atoms with Crippen LogP contribution >= 0.6 is 0 Å². The summed E-state index contributed by atoms with van der Waals surface area (Å²) >= 11 is 0. The van der Waals surface area contributed by atoms with E-state index in [2.05, 4.69) is 27.8 Å². The van der Waals surface area contributed by atoms with Crippen LogP contribution in [-0.4, -0.2) is 50.3 Å². The second-order valence-electron chi connectivity index (χ2n) is 9.73. The Balaban J connectivity index is 1.28. The minimum Gasteiger partial charge on any atom is -0.350 e. The third-order valence-corrected chi connectivity index (χ3v) is 7.20. The van der Waals surface area contributed by atoms with Gasteiger partial charge in [-0.15, -0.1) is 5.10 Å². The van der Waals surface area contributed by atoms with Crippen LogP contribution in [0.25, 0.3) is 11.0 Å². The van der Waals surface area contributed by atoms with E-state index in [0.29, 0.717) is 32.4 Å². The Morgan fingerprint density at radius 2 is 1.76 bits per heavy atom. The fourth-order valence-corrected chi connectivity index (χ4v) is 5.10. The van der Waals surface area contributed by atoms with Crippen LogP contribution in [0.2, 0.25) is 0 Å². The highest BCUT2D eigenvalue weighted by Gasteiger charge is 2.41. The monoisotopic (exact) mass is 496 g/mol. The van der Waals surface area contributed by atoms with Crippen LogP contribution in [-0.2, 0) is 29.6 Å². The maximum absolute atomic E-state index is 13.5. The Labute approximate surface area is 216 Å². The molecule has 8 nitrogen and oxygen atoms in total. The molecule has 1 saturated heterocycles. The number of carbonyl (C=O) groups is 2. The zero-order valence-electron chi connectivity index (χ0n) is 21.0. The van der Waals surface area contributed by atoms with Crippen molar-refractivity contribution in [3.63, 3.8) is 0 Å². The maximum atomic E-state index is 13.5. The van der Waals surface area contributed by atoms with Gasteiger partial charge >= 0.3 is 0 Å². The summed E-state index contributed by atoms with van der Waals surface area (Å²) in [5.41, 5.74) is 11.3. The number of aryl methyl sites for hydroxylation is 2. The summed E-state index contributed by atoms with van der Waals surface area (Å²) in [4.78, 5) is 28.6. The first-order valence-electron chi connectivity index (χ1n) is 12.7. The summed E-state index contributed by atoms with van der Waals surface area (Å²) < 4.78 is 1.71. The predicted molar refractivity (Wildman–Crippen MR) is 142 cm³/mol. The Hall–Kier alpha value is -4.04. The average molecular weight is 497 g/mol. The smallest absolute Gasteiger partial charge is 0.243 e. The second-order valence-corrected chi connectivity index (χ2v) is 9.73. The lowest BCUT2D eigenvalue weighted by atomic mass is 9.96. The first-order valence-corrected chi connectivity index (χ1v) is 12.7. The van der Waals surface area contributed by atoms with E-state index in [0.717, 1.165) is 27.7 Å². The molecule has 4 aromatic rings. The highest BCUT2D eigenvalue weighted by atomic mass is 16.2. The molecule has 3 aromatic carbocycles. The van der Waals surface area contributed by atoms with Crippen molar-refractivity contribution < 1.29 is 9.59 Å². The number of carbonyl (C=O) groups excluding carboxylic acids is 2. The number of amides is 2. The van der Waals surface area contributed by atoms with Crippen LogP contribution in [0.5, 0.6) is 0 Å². The van der Waals surface area contributed by atoms with Gasteiger partial charge in [-0.05, 0) is 48.1 Å². The summed E-state index contributed by atoms with van der Waals surface area (Å²) in [6, 6.07) is 24.7. The number of hydrogen-bond acceptors (Lipinski definition) is 5. The largest absolute Gasteiger partial charge is 0.350 e. The molecule has 1 aromatic heterocycles. The number of hydrogen-bond donors (Lipinski definition) is 2. The molecule has 37 heavy (non-hydrogen) atoms. The van der Waals surface area contributed by atoms with E-state index < -0.39 is 12.1 Å². The van der Waals surface area contributed by atoms with E-state index in [-0.39, 0.29) is 17.7 Å². The molecule has 8 heteroatoms. The van der Waals surface area contributed by atoms with Gasteiger partial charge in [0.2, 0.25) is 11.8 Å². The van der Waals surface area contributed by atoms with Gasteiger partial charge in [-0.25, -0.2) is 4.68 Å². The Morgan fingerprint density at radius 3 is 2.51 bits per heavy atom. The molecule has 1 aliphatic heterocycles. The lowest BCUT2D eigenvalue weighted by molar-refractivity contribution is -0.139. The van der Waals surface area contributed by atoms with Crippen molar-refractivity contribution in [1.82, 2.24) is 25.2 Å². The highest BCUT2D eigenvalue weighted by molar-refractivity contribution is 5.90. The average Bonchev–Trinajstić information content (AvgIpc) is 3.55. The molecule has 0 aliphatic carbocycles. The molecule has 0 spiro atoms. The highest BCUT2D eigenvalue weighted by Crippen LogP contribution is 2.32. The molecule has 190 valence electrons. The van der Waals surface area contributed by atoms with Crippen molar-refractivity contribution >= 4 is 22.8 Å². The van der Waals surface area contributed by atoms with Crippen LogP contribution in [0, 0.1) is 0 Å². The van der Waals surface area contributed by atoms with Gasteiger partial charge in [-0.3, -0.25) is 9.59 Å². The second kappa shape index (κ2) is 10.9. The first kappa shape index (κ1) is 24.6. The molecule has 0 radical (unpaired) electrons. The Morgan fingerprint density at radius 1 is 1.03 bits per heavy atom. The summed E-state index contributed by atoms with van der Waals surface area (Å²) in [6.07, 6.45) is 1.81.